The van der Waals surface area contributed by atoms with Crippen molar-refractivity contribution in [2.75, 3.05) is 6.61 Å². The molecule has 3 nitrogen and oxygen atoms in total. The maximum Gasteiger partial charge on any atom is 0.246 e. The lowest BCUT2D eigenvalue weighted by molar-refractivity contribution is -0.128. The molecule has 3 rings (SSSR count). The molecule has 1 unspecified atom stereocenters. The summed E-state index contributed by atoms with van der Waals surface area (Å²) in [7, 11) is 0. The molecular weight excluding hydrogens is 298 g/mol. The Morgan fingerprint density at radius 3 is 2.54 bits per heavy atom. The molecule has 24 heavy (non-hydrogen) atoms. The standard InChI is InChI=1S/C21H23NO2/c1-15(2)22-21(23)14-24-20-13-18-9-4-3-7-16(18)11-12-17-8-5-6-10-19(17)20/h3-12,15,20H,13-14H2,1-2H3,(H,22,23)/b12-11-. The predicted octanol–water partition coefficient (Wildman–Crippen LogP) is 4.00. The van der Waals surface area contributed by atoms with Crippen LogP contribution in [0.1, 0.15) is 42.2 Å². The van der Waals surface area contributed by atoms with Crippen molar-refractivity contribution in [1.82, 2.24) is 5.32 Å². The number of amides is 1. The van der Waals surface area contributed by atoms with E-state index in [1.54, 1.807) is 0 Å². The zero-order valence-electron chi connectivity index (χ0n) is 14.2. The van der Waals surface area contributed by atoms with Gasteiger partial charge in [-0.05, 0) is 36.1 Å². The zero-order valence-corrected chi connectivity index (χ0v) is 14.2. The molecule has 2 aromatic rings. The van der Waals surface area contributed by atoms with Crippen LogP contribution < -0.4 is 5.32 Å². The van der Waals surface area contributed by atoms with Crippen molar-refractivity contribution < 1.29 is 9.53 Å². The van der Waals surface area contributed by atoms with Crippen molar-refractivity contribution >= 4 is 18.1 Å². The van der Waals surface area contributed by atoms with E-state index in [1.807, 2.05) is 38.1 Å². The van der Waals surface area contributed by atoms with Gasteiger partial charge in [0, 0.05) is 12.5 Å². The highest BCUT2D eigenvalue weighted by molar-refractivity contribution is 5.77. The minimum atomic E-state index is -0.134. The Kier molecular flexibility index (Phi) is 5.11. The molecule has 0 radical (unpaired) electrons. The summed E-state index contributed by atoms with van der Waals surface area (Å²) >= 11 is 0. The number of nitrogens with one attached hydrogen (secondary N) is 1. The van der Waals surface area contributed by atoms with Crippen molar-refractivity contribution in [3.8, 4) is 0 Å². The van der Waals surface area contributed by atoms with E-state index in [0.717, 1.165) is 17.5 Å². The predicted molar refractivity (Wildman–Crippen MR) is 97.5 cm³/mol. The van der Waals surface area contributed by atoms with Crippen LogP contribution in [0.2, 0.25) is 0 Å². The first-order valence-corrected chi connectivity index (χ1v) is 8.39. The second kappa shape index (κ2) is 7.45. The molecule has 2 aromatic carbocycles. The number of rotatable bonds is 4. The quantitative estimate of drug-likeness (QED) is 0.924. The van der Waals surface area contributed by atoms with Crippen LogP contribution in [0.4, 0.5) is 0 Å². The summed E-state index contributed by atoms with van der Waals surface area (Å²) in [4.78, 5) is 12.0. The van der Waals surface area contributed by atoms with Crippen molar-refractivity contribution in [3.05, 3.63) is 70.8 Å². The van der Waals surface area contributed by atoms with Crippen LogP contribution >= 0.6 is 0 Å². The molecule has 3 heteroatoms. The molecule has 1 aliphatic rings. The third-order valence-corrected chi connectivity index (χ3v) is 4.11. The van der Waals surface area contributed by atoms with Gasteiger partial charge in [-0.3, -0.25) is 4.79 Å². The summed E-state index contributed by atoms with van der Waals surface area (Å²) in [6.45, 7) is 3.97. The summed E-state index contributed by atoms with van der Waals surface area (Å²) in [5, 5.41) is 2.88. The van der Waals surface area contributed by atoms with Gasteiger partial charge in [-0.25, -0.2) is 0 Å². The van der Waals surface area contributed by atoms with Gasteiger partial charge in [0.25, 0.3) is 0 Å². The highest BCUT2D eigenvalue weighted by Crippen LogP contribution is 2.30. The van der Waals surface area contributed by atoms with Crippen LogP contribution in [0.3, 0.4) is 0 Å². The van der Waals surface area contributed by atoms with Crippen molar-refractivity contribution in [2.24, 2.45) is 0 Å². The third kappa shape index (κ3) is 3.92. The first-order chi connectivity index (χ1) is 11.6. The lowest BCUT2D eigenvalue weighted by Gasteiger charge is -2.23. The van der Waals surface area contributed by atoms with E-state index >= 15 is 0 Å². The Morgan fingerprint density at radius 1 is 1.08 bits per heavy atom. The number of carbonyl (C=O) groups is 1. The molecule has 0 aromatic heterocycles. The van der Waals surface area contributed by atoms with E-state index < -0.39 is 0 Å². The van der Waals surface area contributed by atoms with Gasteiger partial charge in [0.2, 0.25) is 5.91 Å². The van der Waals surface area contributed by atoms with Crippen molar-refractivity contribution in [3.63, 3.8) is 0 Å². The average Bonchev–Trinajstić information content (AvgIpc) is 2.55. The molecular formula is C21H23NO2. The molecule has 0 saturated heterocycles. The van der Waals surface area contributed by atoms with E-state index in [0.29, 0.717) is 0 Å². The summed E-state index contributed by atoms with van der Waals surface area (Å²) in [5.41, 5.74) is 4.70. The highest BCUT2D eigenvalue weighted by atomic mass is 16.5. The van der Waals surface area contributed by atoms with E-state index in [-0.39, 0.29) is 24.7 Å². The number of hydrogen-bond donors (Lipinski definition) is 1. The van der Waals surface area contributed by atoms with Gasteiger partial charge in [0.05, 0.1) is 6.10 Å². The second-order valence-corrected chi connectivity index (χ2v) is 6.39. The molecule has 1 atom stereocenters. The molecule has 124 valence electrons. The summed E-state index contributed by atoms with van der Waals surface area (Å²) < 4.78 is 6.02. The van der Waals surface area contributed by atoms with E-state index in [2.05, 4.69) is 41.7 Å². The number of ether oxygens (including phenoxy) is 1. The SMILES string of the molecule is CC(C)NC(=O)COC1Cc2ccccc2/C=C\c2ccccc21. The Morgan fingerprint density at radius 2 is 1.75 bits per heavy atom. The van der Waals surface area contributed by atoms with E-state index in [9.17, 15) is 4.79 Å². The topological polar surface area (TPSA) is 38.3 Å². The normalized spacial score (nSPS) is 17.4. The van der Waals surface area contributed by atoms with Crippen LogP contribution in [0.5, 0.6) is 0 Å². The zero-order chi connectivity index (χ0) is 16.9. The molecule has 0 saturated carbocycles. The first kappa shape index (κ1) is 16.5. The lowest BCUT2D eigenvalue weighted by atomic mass is 9.91. The number of carbonyl (C=O) groups excluding carboxylic acids is 1. The van der Waals surface area contributed by atoms with Gasteiger partial charge in [-0.2, -0.15) is 0 Å². The van der Waals surface area contributed by atoms with Crippen LogP contribution in [0.15, 0.2) is 48.5 Å². The lowest BCUT2D eigenvalue weighted by Crippen LogP contribution is -2.34. The van der Waals surface area contributed by atoms with Gasteiger partial charge < -0.3 is 10.1 Å². The number of fused-ring (bicyclic) bond motifs is 2. The fourth-order valence-corrected chi connectivity index (χ4v) is 3.02. The van der Waals surface area contributed by atoms with Crippen LogP contribution in [-0.4, -0.2) is 18.6 Å². The van der Waals surface area contributed by atoms with Gasteiger partial charge in [0.15, 0.2) is 0 Å². The van der Waals surface area contributed by atoms with Crippen molar-refractivity contribution in [2.45, 2.75) is 32.4 Å². The Bertz CT molecular complexity index is 749. The highest BCUT2D eigenvalue weighted by Gasteiger charge is 2.20. The van der Waals surface area contributed by atoms with Gasteiger partial charge >= 0.3 is 0 Å². The van der Waals surface area contributed by atoms with Crippen LogP contribution in [0.25, 0.3) is 12.2 Å². The molecule has 1 aliphatic carbocycles. The maximum absolute atomic E-state index is 12.0. The molecule has 1 amide bonds. The minimum absolute atomic E-state index is 0.0725. The Hall–Kier alpha value is -2.39. The molecule has 0 bridgehead atoms. The molecule has 1 N–H and O–H groups in total. The smallest absolute Gasteiger partial charge is 0.246 e. The summed E-state index contributed by atoms with van der Waals surface area (Å²) in [6.07, 6.45) is 4.89. The van der Waals surface area contributed by atoms with Crippen molar-refractivity contribution in [1.29, 1.82) is 0 Å². The average molecular weight is 321 g/mol. The molecule has 0 aliphatic heterocycles. The Labute approximate surface area is 143 Å². The first-order valence-electron chi connectivity index (χ1n) is 8.39. The maximum atomic E-state index is 12.0. The van der Waals surface area contributed by atoms with Gasteiger partial charge in [0.1, 0.15) is 6.61 Å². The monoisotopic (exact) mass is 321 g/mol. The molecule has 0 spiro atoms. The van der Waals surface area contributed by atoms with Crippen LogP contribution in [0, 0.1) is 0 Å². The fourth-order valence-electron chi connectivity index (χ4n) is 3.02. The fraction of sp³-hybridized carbons (Fsp3) is 0.286. The largest absolute Gasteiger partial charge is 0.363 e. The number of benzene rings is 2. The minimum Gasteiger partial charge on any atom is -0.363 e. The second-order valence-electron chi connectivity index (χ2n) is 6.39. The molecule has 0 heterocycles. The van der Waals surface area contributed by atoms with E-state index in [4.69, 9.17) is 4.74 Å². The Balaban J connectivity index is 1.87. The van der Waals surface area contributed by atoms with Gasteiger partial charge in [-0.1, -0.05) is 60.7 Å². The summed E-state index contributed by atoms with van der Waals surface area (Å²) in [5.74, 6) is -0.0756. The van der Waals surface area contributed by atoms with Gasteiger partial charge in [-0.15, -0.1) is 0 Å². The van der Waals surface area contributed by atoms with E-state index in [1.165, 1.54) is 11.1 Å². The molecule has 0 fully saturated rings. The van der Waals surface area contributed by atoms with Crippen LogP contribution in [-0.2, 0) is 16.0 Å². The third-order valence-electron chi connectivity index (χ3n) is 4.11. The summed E-state index contributed by atoms with van der Waals surface area (Å²) in [6, 6.07) is 16.7. The number of hydrogen-bond acceptors (Lipinski definition) is 2.